The quantitative estimate of drug-likeness (QED) is 0.709. The lowest BCUT2D eigenvalue weighted by atomic mass is 10.1. The van der Waals surface area contributed by atoms with Crippen LogP contribution in [0.25, 0.3) is 0 Å². The van der Waals surface area contributed by atoms with Gasteiger partial charge in [0.2, 0.25) is 0 Å². The Kier molecular flexibility index (Phi) is 4.83. The molecule has 0 spiro atoms. The minimum Gasteiger partial charge on any atom is -0.479 e. The molecule has 0 saturated heterocycles. The molecule has 2 heterocycles. The van der Waals surface area contributed by atoms with Gasteiger partial charge >= 0.3 is 0 Å². The van der Waals surface area contributed by atoms with E-state index in [4.69, 9.17) is 4.74 Å². The van der Waals surface area contributed by atoms with E-state index in [9.17, 15) is 14.0 Å². The second-order valence-electron chi connectivity index (χ2n) is 6.39. The first-order valence-electron chi connectivity index (χ1n) is 8.73. The van der Waals surface area contributed by atoms with E-state index in [1.165, 1.54) is 22.3 Å². The van der Waals surface area contributed by atoms with Crippen LogP contribution in [0.15, 0.2) is 60.0 Å². The number of ether oxygens (including phenoxy) is 1. The molecule has 142 valence electrons. The van der Waals surface area contributed by atoms with E-state index in [2.05, 4.69) is 5.32 Å². The van der Waals surface area contributed by atoms with Crippen molar-refractivity contribution in [3.05, 3.63) is 76.2 Å². The molecule has 5 nitrogen and oxygen atoms in total. The van der Waals surface area contributed by atoms with Gasteiger partial charge in [0.05, 0.1) is 17.1 Å². The number of nitrogens with one attached hydrogen (secondary N) is 1. The van der Waals surface area contributed by atoms with E-state index in [1.54, 1.807) is 55.5 Å². The first-order valence-corrected chi connectivity index (χ1v) is 9.61. The van der Waals surface area contributed by atoms with E-state index in [-0.39, 0.29) is 24.2 Å². The molecule has 1 unspecified atom stereocenters. The predicted molar refractivity (Wildman–Crippen MR) is 106 cm³/mol. The van der Waals surface area contributed by atoms with Crippen molar-refractivity contribution in [2.75, 3.05) is 10.2 Å². The summed E-state index contributed by atoms with van der Waals surface area (Å²) in [4.78, 5) is 27.1. The molecule has 7 heteroatoms. The molecule has 0 saturated carbocycles. The Labute approximate surface area is 165 Å². The summed E-state index contributed by atoms with van der Waals surface area (Å²) in [5.41, 5.74) is 1.43. The Bertz CT molecular complexity index is 1040. The van der Waals surface area contributed by atoms with Crippen molar-refractivity contribution >= 4 is 34.5 Å². The molecule has 0 radical (unpaired) electrons. The fourth-order valence-electron chi connectivity index (χ4n) is 3.05. The highest BCUT2D eigenvalue weighted by Gasteiger charge is 2.32. The first-order chi connectivity index (χ1) is 13.5. The fourth-order valence-corrected chi connectivity index (χ4v) is 3.66. The Hall–Kier alpha value is -3.19. The second kappa shape index (κ2) is 7.44. The number of anilines is 2. The molecule has 1 atom stereocenters. The normalized spacial score (nSPS) is 15.7. The van der Waals surface area contributed by atoms with E-state index in [1.807, 2.05) is 5.38 Å². The number of fused-ring (bicyclic) bond motifs is 1. The lowest BCUT2D eigenvalue weighted by molar-refractivity contribution is -0.125. The van der Waals surface area contributed by atoms with Gasteiger partial charge in [-0.2, -0.15) is 0 Å². The first kappa shape index (κ1) is 18.2. The average molecular weight is 396 g/mol. The van der Waals surface area contributed by atoms with E-state index in [0.29, 0.717) is 27.6 Å². The molecule has 1 aliphatic heterocycles. The molecule has 0 aliphatic carbocycles. The third kappa shape index (κ3) is 3.48. The van der Waals surface area contributed by atoms with Crippen molar-refractivity contribution in [2.45, 2.75) is 19.6 Å². The third-order valence-electron chi connectivity index (χ3n) is 4.46. The van der Waals surface area contributed by atoms with Gasteiger partial charge in [-0.1, -0.05) is 24.3 Å². The molecule has 2 aromatic carbocycles. The number of benzene rings is 2. The summed E-state index contributed by atoms with van der Waals surface area (Å²) < 4.78 is 19.8. The van der Waals surface area contributed by atoms with Crippen molar-refractivity contribution in [1.82, 2.24) is 0 Å². The number of thiophene rings is 1. The number of rotatable bonds is 4. The predicted octanol–water partition coefficient (Wildman–Crippen LogP) is 4.45. The monoisotopic (exact) mass is 396 g/mol. The zero-order valence-corrected chi connectivity index (χ0v) is 15.8. The molecule has 2 amide bonds. The summed E-state index contributed by atoms with van der Waals surface area (Å²) in [6.07, 6.45) is -0.675. The van der Waals surface area contributed by atoms with Gasteiger partial charge in [-0.25, -0.2) is 4.39 Å². The highest BCUT2D eigenvalue weighted by molar-refractivity contribution is 7.12. The van der Waals surface area contributed by atoms with Crippen LogP contribution in [0.4, 0.5) is 15.8 Å². The number of amides is 2. The van der Waals surface area contributed by atoms with Crippen molar-refractivity contribution in [3.8, 4) is 5.75 Å². The van der Waals surface area contributed by atoms with Crippen LogP contribution in [0.3, 0.4) is 0 Å². The Morgan fingerprint density at radius 2 is 2.04 bits per heavy atom. The standard InChI is InChI=1S/C21H17FN2O3S/c1-13-21(26)24(12-14-5-2-3-6-16(14)22)17-11-15(8-9-18(17)27-13)23-20(25)19-7-4-10-28-19/h2-11,13H,12H2,1H3,(H,23,25). The minimum atomic E-state index is -0.675. The zero-order valence-electron chi connectivity index (χ0n) is 15.0. The molecular weight excluding hydrogens is 379 g/mol. The fraction of sp³-hybridized carbons (Fsp3) is 0.143. The smallest absolute Gasteiger partial charge is 0.268 e. The Morgan fingerprint density at radius 3 is 2.79 bits per heavy atom. The largest absolute Gasteiger partial charge is 0.479 e. The summed E-state index contributed by atoms with van der Waals surface area (Å²) in [7, 11) is 0. The number of hydrogen-bond donors (Lipinski definition) is 1. The topological polar surface area (TPSA) is 58.6 Å². The maximum absolute atomic E-state index is 14.1. The van der Waals surface area contributed by atoms with Crippen LogP contribution in [0, 0.1) is 5.82 Å². The van der Waals surface area contributed by atoms with Crippen LogP contribution in [-0.2, 0) is 11.3 Å². The molecule has 1 aliphatic rings. The lowest BCUT2D eigenvalue weighted by Gasteiger charge is -2.33. The van der Waals surface area contributed by atoms with Gasteiger partial charge in [0.1, 0.15) is 11.6 Å². The van der Waals surface area contributed by atoms with Crippen LogP contribution >= 0.6 is 11.3 Å². The molecule has 0 bridgehead atoms. The van der Waals surface area contributed by atoms with Gasteiger partial charge in [0.15, 0.2) is 6.10 Å². The van der Waals surface area contributed by atoms with E-state index in [0.717, 1.165) is 0 Å². The summed E-state index contributed by atoms with van der Waals surface area (Å²) >= 11 is 1.34. The summed E-state index contributed by atoms with van der Waals surface area (Å²) in [6.45, 7) is 1.74. The number of halogens is 1. The third-order valence-corrected chi connectivity index (χ3v) is 5.33. The van der Waals surface area contributed by atoms with E-state index >= 15 is 0 Å². The van der Waals surface area contributed by atoms with Gasteiger partial charge in [-0.15, -0.1) is 11.3 Å². The zero-order chi connectivity index (χ0) is 19.7. The van der Waals surface area contributed by atoms with Gasteiger partial charge in [0, 0.05) is 11.3 Å². The maximum Gasteiger partial charge on any atom is 0.268 e. The van der Waals surface area contributed by atoms with Gasteiger partial charge in [0.25, 0.3) is 11.8 Å². The van der Waals surface area contributed by atoms with Crippen LogP contribution < -0.4 is 15.0 Å². The Morgan fingerprint density at radius 1 is 1.21 bits per heavy atom. The summed E-state index contributed by atoms with van der Waals surface area (Å²) in [6, 6.07) is 15.0. The summed E-state index contributed by atoms with van der Waals surface area (Å²) in [5.74, 6) is -0.361. The van der Waals surface area contributed by atoms with Crippen LogP contribution in [-0.4, -0.2) is 17.9 Å². The highest BCUT2D eigenvalue weighted by atomic mass is 32.1. The number of nitrogens with zero attached hydrogens (tertiary/aromatic N) is 1. The molecule has 3 aromatic rings. The SMILES string of the molecule is CC1Oc2ccc(NC(=O)c3cccs3)cc2N(Cc2ccccc2F)C1=O. The molecule has 28 heavy (non-hydrogen) atoms. The van der Waals surface area contributed by atoms with Gasteiger partial charge in [-0.3, -0.25) is 9.59 Å². The molecule has 1 N–H and O–H groups in total. The molecular formula is C21H17FN2O3S. The van der Waals surface area contributed by atoms with Gasteiger partial charge < -0.3 is 15.0 Å². The average Bonchev–Trinajstić information content (AvgIpc) is 3.22. The summed E-state index contributed by atoms with van der Waals surface area (Å²) in [5, 5.41) is 4.65. The number of carbonyl (C=O) groups is 2. The van der Waals surface area contributed by atoms with E-state index < -0.39 is 6.10 Å². The van der Waals surface area contributed by atoms with Crippen molar-refractivity contribution in [3.63, 3.8) is 0 Å². The molecule has 4 rings (SSSR count). The minimum absolute atomic E-state index is 0.0779. The number of carbonyl (C=O) groups excluding carboxylic acids is 2. The van der Waals surface area contributed by atoms with Crippen LogP contribution in [0.1, 0.15) is 22.2 Å². The highest BCUT2D eigenvalue weighted by Crippen LogP contribution is 2.37. The molecule has 0 fully saturated rings. The van der Waals surface area contributed by atoms with Crippen LogP contribution in [0.2, 0.25) is 0 Å². The number of hydrogen-bond acceptors (Lipinski definition) is 4. The Balaban J connectivity index is 1.66. The second-order valence-corrected chi connectivity index (χ2v) is 7.34. The van der Waals surface area contributed by atoms with Gasteiger partial charge in [-0.05, 0) is 42.6 Å². The van der Waals surface area contributed by atoms with Crippen molar-refractivity contribution in [1.29, 1.82) is 0 Å². The maximum atomic E-state index is 14.1. The van der Waals surface area contributed by atoms with Crippen LogP contribution in [0.5, 0.6) is 5.75 Å². The van der Waals surface area contributed by atoms with Crippen molar-refractivity contribution < 1.29 is 18.7 Å². The van der Waals surface area contributed by atoms with Crippen molar-refractivity contribution in [2.24, 2.45) is 0 Å². The molecule has 1 aromatic heterocycles. The lowest BCUT2D eigenvalue weighted by Crippen LogP contribution is -2.44.